The Hall–Kier alpha value is -1.05. The van der Waals surface area contributed by atoms with Gasteiger partial charge in [0.05, 0.1) is 5.92 Å². The van der Waals surface area contributed by atoms with Crippen LogP contribution in [0.2, 0.25) is 0 Å². The maximum atomic E-state index is 10.9. The predicted molar refractivity (Wildman–Crippen MR) is 50.3 cm³/mol. The average Bonchev–Trinajstić information content (AvgIpc) is 2.17. The second-order valence-corrected chi connectivity index (χ2v) is 3.84. The molecule has 0 spiro atoms. The SMILES string of the molecule is O=C(O)C1C=CC=C2CCCC[C@@H]21. The molecule has 0 amide bonds. The molecule has 2 aliphatic rings. The molecular weight excluding hydrogens is 164 g/mol. The van der Waals surface area contributed by atoms with E-state index in [2.05, 4.69) is 6.08 Å². The number of hydrogen-bond acceptors (Lipinski definition) is 1. The Morgan fingerprint density at radius 3 is 3.08 bits per heavy atom. The van der Waals surface area contributed by atoms with Gasteiger partial charge in [0.25, 0.3) is 0 Å². The van der Waals surface area contributed by atoms with Crippen LogP contribution in [0.3, 0.4) is 0 Å². The summed E-state index contributed by atoms with van der Waals surface area (Å²) in [7, 11) is 0. The molecule has 0 bridgehead atoms. The van der Waals surface area contributed by atoms with Crippen LogP contribution in [0.4, 0.5) is 0 Å². The van der Waals surface area contributed by atoms with Gasteiger partial charge in [-0.25, -0.2) is 0 Å². The molecule has 2 aliphatic carbocycles. The van der Waals surface area contributed by atoms with Crippen LogP contribution in [0.1, 0.15) is 25.7 Å². The fraction of sp³-hybridized carbons (Fsp3) is 0.545. The van der Waals surface area contributed by atoms with Gasteiger partial charge < -0.3 is 5.11 Å². The van der Waals surface area contributed by atoms with Gasteiger partial charge in [-0.15, -0.1) is 0 Å². The Morgan fingerprint density at radius 2 is 2.31 bits per heavy atom. The highest BCUT2D eigenvalue weighted by atomic mass is 16.4. The van der Waals surface area contributed by atoms with E-state index in [1.54, 1.807) is 0 Å². The van der Waals surface area contributed by atoms with E-state index < -0.39 is 5.97 Å². The number of aliphatic carboxylic acids is 1. The summed E-state index contributed by atoms with van der Waals surface area (Å²) in [4.78, 5) is 10.9. The number of carboxylic acid groups (broad SMARTS) is 1. The molecule has 2 rings (SSSR count). The highest BCUT2D eigenvalue weighted by Crippen LogP contribution is 2.37. The molecule has 0 aliphatic heterocycles. The van der Waals surface area contributed by atoms with Crippen LogP contribution in [-0.4, -0.2) is 11.1 Å². The van der Waals surface area contributed by atoms with Crippen LogP contribution in [0, 0.1) is 11.8 Å². The first-order valence-electron chi connectivity index (χ1n) is 4.89. The molecule has 0 saturated heterocycles. The Morgan fingerprint density at radius 1 is 1.46 bits per heavy atom. The quantitative estimate of drug-likeness (QED) is 0.669. The van der Waals surface area contributed by atoms with E-state index in [0.29, 0.717) is 0 Å². The second-order valence-electron chi connectivity index (χ2n) is 3.84. The lowest BCUT2D eigenvalue weighted by Crippen LogP contribution is -2.27. The third-order valence-electron chi connectivity index (χ3n) is 3.05. The maximum Gasteiger partial charge on any atom is 0.310 e. The van der Waals surface area contributed by atoms with Crippen molar-refractivity contribution in [3.8, 4) is 0 Å². The minimum absolute atomic E-state index is 0.264. The van der Waals surface area contributed by atoms with Gasteiger partial charge in [0.15, 0.2) is 0 Å². The summed E-state index contributed by atoms with van der Waals surface area (Å²) < 4.78 is 0. The van der Waals surface area contributed by atoms with Crippen molar-refractivity contribution in [3.05, 3.63) is 23.8 Å². The third-order valence-corrected chi connectivity index (χ3v) is 3.05. The molecule has 2 heteroatoms. The molecular formula is C11H14O2. The molecule has 13 heavy (non-hydrogen) atoms. The van der Waals surface area contributed by atoms with Crippen molar-refractivity contribution in [3.63, 3.8) is 0 Å². The van der Waals surface area contributed by atoms with Gasteiger partial charge in [0, 0.05) is 0 Å². The Balaban J connectivity index is 2.21. The van der Waals surface area contributed by atoms with Crippen LogP contribution in [0.25, 0.3) is 0 Å². The van der Waals surface area contributed by atoms with Crippen LogP contribution >= 0.6 is 0 Å². The van der Waals surface area contributed by atoms with E-state index in [9.17, 15) is 4.79 Å². The second kappa shape index (κ2) is 3.36. The number of allylic oxidation sites excluding steroid dienone is 3. The number of fused-ring (bicyclic) bond motifs is 1. The Bertz CT molecular complexity index is 276. The van der Waals surface area contributed by atoms with Crippen LogP contribution in [0.15, 0.2) is 23.8 Å². The van der Waals surface area contributed by atoms with Crippen molar-refractivity contribution in [1.82, 2.24) is 0 Å². The lowest BCUT2D eigenvalue weighted by atomic mass is 9.74. The van der Waals surface area contributed by atoms with Crippen molar-refractivity contribution in [2.24, 2.45) is 11.8 Å². The molecule has 70 valence electrons. The maximum absolute atomic E-state index is 10.9. The first kappa shape index (κ1) is 8.54. The molecule has 0 aromatic heterocycles. The van der Waals surface area contributed by atoms with E-state index in [1.807, 2.05) is 12.2 Å². The molecule has 0 heterocycles. The van der Waals surface area contributed by atoms with Crippen LogP contribution < -0.4 is 0 Å². The van der Waals surface area contributed by atoms with Gasteiger partial charge in [0.2, 0.25) is 0 Å². The lowest BCUT2D eigenvalue weighted by Gasteiger charge is -2.30. The zero-order valence-electron chi connectivity index (χ0n) is 7.57. The summed E-state index contributed by atoms with van der Waals surface area (Å²) in [6.07, 6.45) is 10.4. The molecule has 0 aromatic carbocycles. The van der Waals surface area contributed by atoms with Crippen molar-refractivity contribution in [1.29, 1.82) is 0 Å². The van der Waals surface area contributed by atoms with Crippen molar-refractivity contribution in [2.75, 3.05) is 0 Å². The zero-order chi connectivity index (χ0) is 9.26. The summed E-state index contributed by atoms with van der Waals surface area (Å²) in [6.45, 7) is 0. The summed E-state index contributed by atoms with van der Waals surface area (Å²) in [5.74, 6) is -0.648. The topological polar surface area (TPSA) is 37.3 Å². The molecule has 2 atom stereocenters. The third kappa shape index (κ3) is 1.53. The minimum Gasteiger partial charge on any atom is -0.481 e. The highest BCUT2D eigenvalue weighted by molar-refractivity contribution is 5.73. The molecule has 1 unspecified atom stereocenters. The molecule has 1 N–H and O–H groups in total. The Labute approximate surface area is 78.0 Å². The van der Waals surface area contributed by atoms with Gasteiger partial charge in [-0.1, -0.05) is 30.2 Å². The number of rotatable bonds is 1. The highest BCUT2D eigenvalue weighted by Gasteiger charge is 2.31. The average molecular weight is 178 g/mol. The van der Waals surface area contributed by atoms with Crippen molar-refractivity contribution >= 4 is 5.97 Å². The number of carbonyl (C=O) groups is 1. The Kier molecular flexibility index (Phi) is 2.21. The molecule has 1 saturated carbocycles. The van der Waals surface area contributed by atoms with Gasteiger partial charge in [-0.2, -0.15) is 0 Å². The lowest BCUT2D eigenvalue weighted by molar-refractivity contribution is -0.141. The smallest absolute Gasteiger partial charge is 0.310 e. The van der Waals surface area contributed by atoms with E-state index in [1.165, 1.54) is 18.4 Å². The zero-order valence-corrected chi connectivity index (χ0v) is 7.57. The largest absolute Gasteiger partial charge is 0.481 e. The summed E-state index contributed by atoms with van der Waals surface area (Å²) in [5, 5.41) is 9.00. The molecule has 0 aromatic rings. The fourth-order valence-corrected chi connectivity index (χ4v) is 2.37. The monoisotopic (exact) mass is 178 g/mol. The van der Waals surface area contributed by atoms with E-state index in [0.717, 1.165) is 12.8 Å². The summed E-state index contributed by atoms with van der Waals surface area (Å²) >= 11 is 0. The minimum atomic E-state index is -0.672. The van der Waals surface area contributed by atoms with Gasteiger partial charge >= 0.3 is 5.97 Å². The van der Waals surface area contributed by atoms with Gasteiger partial charge in [0.1, 0.15) is 0 Å². The number of hydrogen-bond donors (Lipinski definition) is 1. The van der Waals surface area contributed by atoms with Gasteiger partial charge in [-0.3, -0.25) is 4.79 Å². The van der Waals surface area contributed by atoms with E-state index in [-0.39, 0.29) is 11.8 Å². The fourth-order valence-electron chi connectivity index (χ4n) is 2.37. The summed E-state index contributed by atoms with van der Waals surface area (Å²) in [5.41, 5.74) is 1.35. The van der Waals surface area contributed by atoms with E-state index in [4.69, 9.17) is 5.11 Å². The standard InChI is InChI=1S/C11H14O2/c12-11(13)10-7-3-5-8-4-1-2-6-9(8)10/h3,5,7,9-10H,1-2,4,6H2,(H,12,13)/t9-,10?/m0/s1. The van der Waals surface area contributed by atoms with E-state index >= 15 is 0 Å². The first-order chi connectivity index (χ1) is 6.29. The molecule has 2 nitrogen and oxygen atoms in total. The van der Waals surface area contributed by atoms with Crippen LogP contribution in [-0.2, 0) is 4.79 Å². The first-order valence-corrected chi connectivity index (χ1v) is 4.89. The van der Waals surface area contributed by atoms with Crippen LogP contribution in [0.5, 0.6) is 0 Å². The molecule has 1 fully saturated rings. The number of carboxylic acids is 1. The van der Waals surface area contributed by atoms with Crippen molar-refractivity contribution < 1.29 is 9.90 Å². The van der Waals surface area contributed by atoms with Gasteiger partial charge in [-0.05, 0) is 25.2 Å². The normalized spacial score (nSPS) is 32.2. The molecule has 0 radical (unpaired) electrons. The summed E-state index contributed by atoms with van der Waals surface area (Å²) in [6, 6.07) is 0. The van der Waals surface area contributed by atoms with Crippen molar-refractivity contribution in [2.45, 2.75) is 25.7 Å². The predicted octanol–water partition coefficient (Wildman–Crippen LogP) is 2.37.